The molecular weight excluding hydrogens is 267 g/mol. The summed E-state index contributed by atoms with van der Waals surface area (Å²) in [7, 11) is 1.53. The van der Waals surface area contributed by atoms with E-state index in [4.69, 9.17) is 4.74 Å². The Labute approximate surface area is 120 Å². The molecule has 0 spiro atoms. The van der Waals surface area contributed by atoms with E-state index in [2.05, 4.69) is 17.1 Å². The normalized spacial score (nSPS) is 17.6. The van der Waals surface area contributed by atoms with Crippen molar-refractivity contribution in [1.29, 1.82) is 0 Å². The number of hydrogen-bond acceptors (Lipinski definition) is 3. The van der Waals surface area contributed by atoms with Crippen LogP contribution >= 0.6 is 12.4 Å². The third-order valence-corrected chi connectivity index (χ3v) is 3.54. The molecule has 0 amide bonds. The predicted octanol–water partition coefficient (Wildman–Crippen LogP) is 2.61. The van der Waals surface area contributed by atoms with Crippen LogP contribution in [0.4, 0.5) is 4.39 Å². The van der Waals surface area contributed by atoms with Crippen LogP contribution in [0.2, 0.25) is 0 Å². The Morgan fingerprint density at radius 1 is 1.37 bits per heavy atom. The first-order valence-electron chi connectivity index (χ1n) is 6.55. The molecule has 0 unspecified atom stereocenters. The summed E-state index contributed by atoms with van der Waals surface area (Å²) >= 11 is 0. The molecule has 1 atom stereocenters. The molecule has 2 rings (SSSR count). The van der Waals surface area contributed by atoms with Gasteiger partial charge in [-0.3, -0.25) is 4.90 Å². The predicted molar refractivity (Wildman–Crippen MR) is 77.7 cm³/mol. The van der Waals surface area contributed by atoms with Gasteiger partial charge in [0.15, 0.2) is 11.6 Å². The Bertz CT molecular complexity index is 397. The summed E-state index contributed by atoms with van der Waals surface area (Å²) in [5, 5.41) is 3.34. The number of ether oxygens (including phenoxy) is 1. The van der Waals surface area contributed by atoms with Crippen molar-refractivity contribution in [2.24, 2.45) is 0 Å². The van der Waals surface area contributed by atoms with Crippen LogP contribution in [-0.4, -0.2) is 38.2 Å². The number of halogens is 2. The molecule has 1 fully saturated rings. The lowest BCUT2D eigenvalue weighted by Gasteiger charge is -2.35. The van der Waals surface area contributed by atoms with Gasteiger partial charge < -0.3 is 10.1 Å². The zero-order valence-corrected chi connectivity index (χ0v) is 12.3. The molecule has 19 heavy (non-hydrogen) atoms. The van der Waals surface area contributed by atoms with Crippen molar-refractivity contribution in [2.75, 3.05) is 33.3 Å². The minimum Gasteiger partial charge on any atom is -0.493 e. The molecule has 0 aliphatic carbocycles. The maximum atomic E-state index is 13.8. The summed E-state index contributed by atoms with van der Waals surface area (Å²) in [6.45, 7) is 6.12. The van der Waals surface area contributed by atoms with E-state index in [1.54, 1.807) is 6.07 Å². The van der Waals surface area contributed by atoms with Gasteiger partial charge in [-0.15, -0.1) is 12.4 Å². The minimum atomic E-state index is -0.274. The van der Waals surface area contributed by atoms with Crippen LogP contribution in [0.5, 0.6) is 5.75 Å². The van der Waals surface area contributed by atoms with E-state index in [1.165, 1.54) is 13.2 Å². The Balaban J connectivity index is 0.00000180. The summed E-state index contributed by atoms with van der Waals surface area (Å²) in [5.74, 6) is 0.117. The summed E-state index contributed by atoms with van der Waals surface area (Å²) in [6, 6.07) is 5.42. The van der Waals surface area contributed by atoms with Crippen LogP contribution in [0, 0.1) is 5.82 Å². The van der Waals surface area contributed by atoms with Gasteiger partial charge in [-0.05, 0) is 12.5 Å². The lowest BCUT2D eigenvalue weighted by Crippen LogP contribution is -2.45. The topological polar surface area (TPSA) is 24.5 Å². The molecule has 1 aliphatic rings. The third-order valence-electron chi connectivity index (χ3n) is 3.54. The van der Waals surface area contributed by atoms with Gasteiger partial charge in [0.25, 0.3) is 0 Å². The summed E-state index contributed by atoms with van der Waals surface area (Å²) in [4.78, 5) is 2.40. The van der Waals surface area contributed by atoms with Crippen LogP contribution in [0.1, 0.15) is 24.9 Å². The number of nitrogens with zero attached hydrogens (tertiary/aromatic N) is 1. The first-order valence-corrected chi connectivity index (χ1v) is 6.55. The Morgan fingerprint density at radius 3 is 2.63 bits per heavy atom. The largest absolute Gasteiger partial charge is 0.493 e. The third kappa shape index (κ3) is 3.59. The molecule has 1 saturated heterocycles. The van der Waals surface area contributed by atoms with Crippen LogP contribution in [0.15, 0.2) is 18.2 Å². The molecule has 1 aromatic carbocycles. The fraction of sp³-hybridized carbons (Fsp3) is 0.571. The smallest absolute Gasteiger partial charge is 0.165 e. The van der Waals surface area contributed by atoms with E-state index in [0.717, 1.165) is 38.2 Å². The van der Waals surface area contributed by atoms with Gasteiger partial charge in [0.05, 0.1) is 7.11 Å². The van der Waals surface area contributed by atoms with Gasteiger partial charge in [-0.25, -0.2) is 4.39 Å². The van der Waals surface area contributed by atoms with E-state index in [9.17, 15) is 4.39 Å². The standard InChI is InChI=1S/C14H21FN2O.ClH/c1-3-13(17-9-7-16-8-10-17)11-5-4-6-12(15)14(11)18-2;/h4-6,13,16H,3,7-10H2,1-2H3;1H/t13-;/m1./s1. The van der Waals surface area contributed by atoms with E-state index in [0.29, 0.717) is 5.75 Å². The van der Waals surface area contributed by atoms with E-state index in [-0.39, 0.29) is 24.3 Å². The van der Waals surface area contributed by atoms with Crippen molar-refractivity contribution in [2.45, 2.75) is 19.4 Å². The van der Waals surface area contributed by atoms with Crippen molar-refractivity contribution in [1.82, 2.24) is 10.2 Å². The average Bonchev–Trinajstić information content (AvgIpc) is 2.41. The second-order valence-electron chi connectivity index (χ2n) is 4.57. The molecule has 0 radical (unpaired) electrons. The van der Waals surface area contributed by atoms with Crippen molar-refractivity contribution >= 4 is 12.4 Å². The number of piperazine rings is 1. The molecule has 1 aromatic rings. The molecule has 0 saturated carbocycles. The second-order valence-corrected chi connectivity index (χ2v) is 4.57. The number of hydrogen-bond donors (Lipinski definition) is 1. The second kappa shape index (κ2) is 7.68. The van der Waals surface area contributed by atoms with E-state index >= 15 is 0 Å². The molecule has 1 N–H and O–H groups in total. The maximum absolute atomic E-state index is 13.8. The Morgan fingerprint density at radius 2 is 2.05 bits per heavy atom. The lowest BCUT2D eigenvalue weighted by atomic mass is 10.0. The SMILES string of the molecule is CC[C@H](c1cccc(F)c1OC)N1CCNCC1.Cl. The van der Waals surface area contributed by atoms with Gasteiger partial charge in [-0.2, -0.15) is 0 Å². The monoisotopic (exact) mass is 288 g/mol. The molecular formula is C14H22ClFN2O. The van der Waals surface area contributed by atoms with Crippen molar-refractivity contribution in [3.05, 3.63) is 29.6 Å². The van der Waals surface area contributed by atoms with Crippen molar-refractivity contribution < 1.29 is 9.13 Å². The summed E-state index contributed by atoms with van der Waals surface area (Å²) < 4.78 is 19.0. The number of nitrogens with one attached hydrogen (secondary N) is 1. The zero-order chi connectivity index (χ0) is 13.0. The number of rotatable bonds is 4. The summed E-state index contributed by atoms with van der Waals surface area (Å²) in [5.41, 5.74) is 0.960. The Hall–Kier alpha value is -0.840. The first-order chi connectivity index (χ1) is 8.77. The molecule has 5 heteroatoms. The average molecular weight is 289 g/mol. The fourth-order valence-electron chi connectivity index (χ4n) is 2.67. The van der Waals surface area contributed by atoms with Crippen LogP contribution in [0.25, 0.3) is 0 Å². The van der Waals surface area contributed by atoms with Crippen LogP contribution in [0.3, 0.4) is 0 Å². The van der Waals surface area contributed by atoms with E-state index < -0.39 is 0 Å². The first kappa shape index (κ1) is 16.2. The van der Waals surface area contributed by atoms with Gasteiger partial charge in [0, 0.05) is 37.8 Å². The summed E-state index contributed by atoms with van der Waals surface area (Å²) in [6.07, 6.45) is 0.958. The van der Waals surface area contributed by atoms with Crippen LogP contribution in [-0.2, 0) is 0 Å². The highest BCUT2D eigenvalue weighted by atomic mass is 35.5. The van der Waals surface area contributed by atoms with Crippen LogP contribution < -0.4 is 10.1 Å². The maximum Gasteiger partial charge on any atom is 0.165 e. The van der Waals surface area contributed by atoms with Gasteiger partial charge >= 0.3 is 0 Å². The molecule has 0 bridgehead atoms. The van der Waals surface area contributed by atoms with Crippen molar-refractivity contribution in [3.63, 3.8) is 0 Å². The van der Waals surface area contributed by atoms with Gasteiger partial charge in [0.2, 0.25) is 0 Å². The zero-order valence-electron chi connectivity index (χ0n) is 11.5. The van der Waals surface area contributed by atoms with Crippen molar-refractivity contribution in [3.8, 4) is 5.75 Å². The number of benzene rings is 1. The lowest BCUT2D eigenvalue weighted by molar-refractivity contribution is 0.166. The molecule has 3 nitrogen and oxygen atoms in total. The molecule has 1 aliphatic heterocycles. The Kier molecular flexibility index (Phi) is 6.55. The number of para-hydroxylation sites is 1. The highest BCUT2D eigenvalue weighted by Crippen LogP contribution is 2.33. The molecule has 108 valence electrons. The fourth-order valence-corrected chi connectivity index (χ4v) is 2.67. The highest BCUT2D eigenvalue weighted by molar-refractivity contribution is 5.85. The quantitative estimate of drug-likeness (QED) is 0.922. The van der Waals surface area contributed by atoms with E-state index in [1.807, 2.05) is 6.07 Å². The van der Waals surface area contributed by atoms with Gasteiger partial charge in [-0.1, -0.05) is 19.1 Å². The molecule has 1 heterocycles. The molecule has 0 aromatic heterocycles. The number of methoxy groups -OCH3 is 1. The minimum absolute atomic E-state index is 0. The highest BCUT2D eigenvalue weighted by Gasteiger charge is 2.24. The van der Waals surface area contributed by atoms with Gasteiger partial charge in [0.1, 0.15) is 0 Å².